The van der Waals surface area contributed by atoms with Gasteiger partial charge in [0.25, 0.3) is 0 Å². The van der Waals surface area contributed by atoms with Gasteiger partial charge in [0.1, 0.15) is 5.82 Å². The Balaban J connectivity index is 2.73. The fraction of sp³-hybridized carbons (Fsp3) is 0.375. The van der Waals surface area contributed by atoms with Crippen molar-refractivity contribution in [3.63, 3.8) is 0 Å². The number of hydrogen-bond donors (Lipinski definition) is 2. The molecule has 5 nitrogen and oxygen atoms in total. The molecule has 70 valence electrons. The zero-order valence-electron chi connectivity index (χ0n) is 7.45. The predicted octanol–water partition coefficient (Wildman–Crippen LogP) is -0.776. The lowest BCUT2D eigenvalue weighted by atomic mass is 10.3. The Labute approximate surface area is 76.4 Å². The van der Waals surface area contributed by atoms with Crippen LogP contribution in [0.1, 0.15) is 11.5 Å². The number of carbonyl (C=O) groups excluding carboxylic acids is 1. The second-order valence-electron chi connectivity index (χ2n) is 2.64. The standard InChI is InChI=1S/C8H12N4O/c1-10-5-6-2-3-11-8(12-6)4-7(9)13/h2-3,10H,4-5H2,1H3,(H2,9,13). The third-order valence-electron chi connectivity index (χ3n) is 1.45. The summed E-state index contributed by atoms with van der Waals surface area (Å²) in [5.41, 5.74) is 5.87. The monoisotopic (exact) mass is 180 g/mol. The zero-order valence-corrected chi connectivity index (χ0v) is 7.45. The Hall–Kier alpha value is -1.49. The Kier molecular flexibility index (Phi) is 3.33. The van der Waals surface area contributed by atoms with E-state index in [2.05, 4.69) is 15.3 Å². The molecule has 1 heterocycles. The van der Waals surface area contributed by atoms with Crippen LogP contribution < -0.4 is 11.1 Å². The average molecular weight is 180 g/mol. The highest BCUT2D eigenvalue weighted by molar-refractivity contribution is 5.75. The molecular weight excluding hydrogens is 168 g/mol. The van der Waals surface area contributed by atoms with Crippen LogP contribution in [0.2, 0.25) is 0 Å². The Morgan fingerprint density at radius 2 is 2.46 bits per heavy atom. The Morgan fingerprint density at radius 3 is 3.08 bits per heavy atom. The molecule has 0 radical (unpaired) electrons. The summed E-state index contributed by atoms with van der Waals surface area (Å²) >= 11 is 0. The fourth-order valence-electron chi connectivity index (χ4n) is 0.962. The molecule has 0 aromatic carbocycles. The molecule has 3 N–H and O–H groups in total. The molecule has 0 saturated carbocycles. The van der Waals surface area contributed by atoms with Gasteiger partial charge in [0.15, 0.2) is 0 Å². The first-order valence-corrected chi connectivity index (χ1v) is 3.96. The molecule has 1 amide bonds. The largest absolute Gasteiger partial charge is 0.369 e. The van der Waals surface area contributed by atoms with Gasteiger partial charge in [-0.1, -0.05) is 0 Å². The summed E-state index contributed by atoms with van der Waals surface area (Å²) in [6, 6.07) is 1.79. The molecule has 0 aliphatic rings. The van der Waals surface area contributed by atoms with Crippen LogP contribution in [0.3, 0.4) is 0 Å². The third-order valence-corrected chi connectivity index (χ3v) is 1.45. The highest BCUT2D eigenvalue weighted by Crippen LogP contribution is 1.95. The van der Waals surface area contributed by atoms with Crippen LogP contribution in [0.15, 0.2) is 12.3 Å². The molecule has 13 heavy (non-hydrogen) atoms. The molecular formula is C8H12N4O. The van der Waals surface area contributed by atoms with Crippen molar-refractivity contribution < 1.29 is 4.79 Å². The van der Waals surface area contributed by atoms with E-state index in [-0.39, 0.29) is 6.42 Å². The maximum atomic E-state index is 10.6. The molecule has 0 aliphatic heterocycles. The number of hydrogen-bond acceptors (Lipinski definition) is 4. The van der Waals surface area contributed by atoms with E-state index in [1.807, 2.05) is 7.05 Å². The summed E-state index contributed by atoms with van der Waals surface area (Å²) in [7, 11) is 1.83. The summed E-state index contributed by atoms with van der Waals surface area (Å²) in [6.07, 6.45) is 1.72. The SMILES string of the molecule is CNCc1ccnc(CC(N)=O)n1. The highest BCUT2D eigenvalue weighted by atomic mass is 16.1. The van der Waals surface area contributed by atoms with Gasteiger partial charge in [-0.3, -0.25) is 4.79 Å². The number of nitrogens with two attached hydrogens (primary N) is 1. The van der Waals surface area contributed by atoms with Crippen LogP contribution in [0, 0.1) is 0 Å². The summed E-state index contributed by atoms with van der Waals surface area (Å²) in [5, 5.41) is 2.96. The lowest BCUT2D eigenvalue weighted by Gasteiger charge is -2.00. The first-order chi connectivity index (χ1) is 6.22. The summed E-state index contributed by atoms with van der Waals surface area (Å²) in [6.45, 7) is 0.661. The fourth-order valence-corrected chi connectivity index (χ4v) is 0.962. The Bertz CT molecular complexity index is 300. The van der Waals surface area contributed by atoms with E-state index in [0.29, 0.717) is 12.4 Å². The van der Waals surface area contributed by atoms with E-state index in [0.717, 1.165) is 5.69 Å². The minimum absolute atomic E-state index is 0.0948. The minimum Gasteiger partial charge on any atom is -0.369 e. The van der Waals surface area contributed by atoms with E-state index in [1.165, 1.54) is 0 Å². The van der Waals surface area contributed by atoms with Gasteiger partial charge in [-0.25, -0.2) is 9.97 Å². The van der Waals surface area contributed by atoms with Crippen LogP contribution >= 0.6 is 0 Å². The van der Waals surface area contributed by atoms with E-state index in [9.17, 15) is 4.79 Å². The second kappa shape index (κ2) is 4.51. The smallest absolute Gasteiger partial charge is 0.225 e. The molecule has 0 aliphatic carbocycles. The molecule has 1 rings (SSSR count). The summed E-state index contributed by atoms with van der Waals surface area (Å²) in [4.78, 5) is 18.6. The van der Waals surface area contributed by atoms with Gasteiger partial charge >= 0.3 is 0 Å². The van der Waals surface area contributed by atoms with Gasteiger partial charge in [-0.2, -0.15) is 0 Å². The second-order valence-corrected chi connectivity index (χ2v) is 2.64. The van der Waals surface area contributed by atoms with Gasteiger partial charge in [0, 0.05) is 12.7 Å². The van der Waals surface area contributed by atoms with Gasteiger partial charge in [0.05, 0.1) is 12.1 Å². The number of amides is 1. The van der Waals surface area contributed by atoms with Crippen molar-refractivity contribution in [1.82, 2.24) is 15.3 Å². The normalized spacial score (nSPS) is 9.92. The number of carbonyl (C=O) groups is 1. The summed E-state index contributed by atoms with van der Waals surface area (Å²) < 4.78 is 0. The van der Waals surface area contributed by atoms with Gasteiger partial charge in [-0.05, 0) is 13.1 Å². The van der Waals surface area contributed by atoms with Crippen LogP contribution in [0.25, 0.3) is 0 Å². The number of nitrogens with zero attached hydrogens (tertiary/aromatic N) is 2. The topological polar surface area (TPSA) is 80.9 Å². The van der Waals surface area contributed by atoms with E-state index < -0.39 is 5.91 Å². The van der Waals surface area contributed by atoms with Gasteiger partial charge in [-0.15, -0.1) is 0 Å². The van der Waals surface area contributed by atoms with Crippen molar-refractivity contribution in [1.29, 1.82) is 0 Å². The number of primary amides is 1. The molecule has 0 spiro atoms. The van der Waals surface area contributed by atoms with Crippen molar-refractivity contribution >= 4 is 5.91 Å². The highest BCUT2D eigenvalue weighted by Gasteiger charge is 2.01. The van der Waals surface area contributed by atoms with Crippen LogP contribution in [-0.2, 0) is 17.8 Å². The minimum atomic E-state index is -0.415. The van der Waals surface area contributed by atoms with Crippen molar-refractivity contribution in [2.45, 2.75) is 13.0 Å². The molecule has 1 aromatic heterocycles. The van der Waals surface area contributed by atoms with Crippen molar-refractivity contribution in [3.05, 3.63) is 23.8 Å². The quantitative estimate of drug-likeness (QED) is 0.637. The van der Waals surface area contributed by atoms with Gasteiger partial charge < -0.3 is 11.1 Å². The number of aromatic nitrogens is 2. The van der Waals surface area contributed by atoms with E-state index in [1.54, 1.807) is 12.3 Å². The molecule has 0 bridgehead atoms. The van der Waals surface area contributed by atoms with Crippen LogP contribution in [0.5, 0.6) is 0 Å². The molecule has 0 saturated heterocycles. The lowest BCUT2D eigenvalue weighted by Crippen LogP contribution is -2.17. The lowest BCUT2D eigenvalue weighted by molar-refractivity contribution is -0.117. The Morgan fingerprint density at radius 1 is 1.69 bits per heavy atom. The van der Waals surface area contributed by atoms with Crippen molar-refractivity contribution in [2.24, 2.45) is 5.73 Å². The van der Waals surface area contributed by atoms with Crippen molar-refractivity contribution in [2.75, 3.05) is 7.05 Å². The van der Waals surface area contributed by atoms with E-state index >= 15 is 0 Å². The zero-order chi connectivity index (χ0) is 9.68. The molecule has 1 aromatic rings. The van der Waals surface area contributed by atoms with E-state index in [4.69, 9.17) is 5.73 Å². The first-order valence-electron chi connectivity index (χ1n) is 3.96. The molecule has 0 fully saturated rings. The maximum Gasteiger partial charge on any atom is 0.225 e. The van der Waals surface area contributed by atoms with Crippen molar-refractivity contribution in [3.8, 4) is 0 Å². The molecule has 0 unspecified atom stereocenters. The summed E-state index contributed by atoms with van der Waals surface area (Å²) in [5.74, 6) is 0.0573. The third kappa shape index (κ3) is 3.16. The van der Waals surface area contributed by atoms with Crippen LogP contribution in [-0.4, -0.2) is 22.9 Å². The number of nitrogens with one attached hydrogen (secondary N) is 1. The molecule has 5 heteroatoms. The number of rotatable bonds is 4. The predicted molar refractivity (Wildman–Crippen MR) is 47.7 cm³/mol. The van der Waals surface area contributed by atoms with Gasteiger partial charge in [0.2, 0.25) is 5.91 Å². The first kappa shape index (κ1) is 9.60. The molecule has 0 atom stereocenters. The van der Waals surface area contributed by atoms with Crippen LogP contribution in [0.4, 0.5) is 0 Å². The maximum absolute atomic E-state index is 10.6. The average Bonchev–Trinajstić information content (AvgIpc) is 2.04.